The summed E-state index contributed by atoms with van der Waals surface area (Å²) in [5.74, 6) is 0.341. The molecule has 0 aromatic heterocycles. The Bertz CT molecular complexity index is 1070. The summed E-state index contributed by atoms with van der Waals surface area (Å²) in [5.41, 5.74) is 3.48. The smallest absolute Gasteiger partial charge is 0.308 e. The zero-order valence-electron chi connectivity index (χ0n) is 18.4. The highest BCUT2D eigenvalue weighted by Gasteiger charge is 2.29. The first-order chi connectivity index (χ1) is 14.7. The molecule has 0 saturated carbocycles. The van der Waals surface area contributed by atoms with E-state index in [1.807, 2.05) is 42.5 Å². The molecule has 1 aliphatic rings. The second-order valence-corrected chi connectivity index (χ2v) is 9.14. The highest BCUT2D eigenvalue weighted by molar-refractivity contribution is 8.04. The molecular weight excluding hydrogens is 408 g/mol. The van der Waals surface area contributed by atoms with Crippen LogP contribution in [0.4, 0.5) is 5.69 Å². The fraction of sp³-hybridized carbons (Fsp3) is 0.320. The van der Waals surface area contributed by atoms with Crippen molar-refractivity contribution < 1.29 is 14.3 Å². The Hall–Kier alpha value is -3.04. The van der Waals surface area contributed by atoms with E-state index in [1.165, 1.54) is 23.6 Å². The quantitative estimate of drug-likeness (QED) is 0.255. The van der Waals surface area contributed by atoms with E-state index in [1.54, 1.807) is 0 Å². The number of esters is 1. The predicted octanol–water partition coefficient (Wildman–Crippen LogP) is 5.86. The van der Waals surface area contributed by atoms with Crippen LogP contribution in [0.5, 0.6) is 5.75 Å². The number of para-hydroxylation sites is 1. The third kappa shape index (κ3) is 4.83. The lowest BCUT2D eigenvalue weighted by Gasteiger charge is -2.28. The summed E-state index contributed by atoms with van der Waals surface area (Å²) in [6, 6.07) is 13.6. The van der Waals surface area contributed by atoms with Crippen molar-refractivity contribution >= 4 is 35.4 Å². The Balaban J connectivity index is 2.14. The standard InChI is InChI=1S/C25H26N2O3S/c1-15(2)19-12-18(13-20(16(3)4)24(19)30-17(5)28)14-23-25(29)27(11-10-26)21-8-6-7-9-22(21)31-23/h6-9,12-16H,11H2,1-5H3/b23-14-. The van der Waals surface area contributed by atoms with E-state index < -0.39 is 0 Å². The van der Waals surface area contributed by atoms with Crippen molar-refractivity contribution in [1.82, 2.24) is 0 Å². The molecule has 0 saturated heterocycles. The molecule has 0 atom stereocenters. The molecule has 6 heteroatoms. The van der Waals surface area contributed by atoms with E-state index >= 15 is 0 Å². The lowest BCUT2D eigenvalue weighted by Crippen LogP contribution is -2.34. The third-order valence-corrected chi connectivity index (χ3v) is 6.09. The van der Waals surface area contributed by atoms with Gasteiger partial charge in [-0.15, -0.1) is 0 Å². The van der Waals surface area contributed by atoms with Gasteiger partial charge >= 0.3 is 5.97 Å². The molecular formula is C25H26N2O3S. The Morgan fingerprint density at radius 2 is 1.77 bits per heavy atom. The molecule has 0 bridgehead atoms. The van der Waals surface area contributed by atoms with Crippen molar-refractivity contribution in [2.75, 3.05) is 11.4 Å². The molecule has 31 heavy (non-hydrogen) atoms. The minimum absolute atomic E-state index is 0.00633. The van der Waals surface area contributed by atoms with Gasteiger partial charge in [0.25, 0.3) is 5.91 Å². The molecule has 0 fully saturated rings. The summed E-state index contributed by atoms with van der Waals surface area (Å²) in [6.07, 6.45) is 1.86. The molecule has 2 aromatic carbocycles. The average molecular weight is 435 g/mol. The van der Waals surface area contributed by atoms with Crippen LogP contribution < -0.4 is 9.64 Å². The summed E-state index contributed by atoms with van der Waals surface area (Å²) >= 11 is 1.41. The number of hydrogen-bond acceptors (Lipinski definition) is 5. The van der Waals surface area contributed by atoms with Crippen LogP contribution in [0.2, 0.25) is 0 Å². The van der Waals surface area contributed by atoms with Gasteiger partial charge in [0.2, 0.25) is 0 Å². The Kier molecular flexibility index (Phi) is 6.87. The summed E-state index contributed by atoms with van der Waals surface area (Å²) in [5, 5.41) is 9.22. The molecule has 2 aromatic rings. The van der Waals surface area contributed by atoms with Gasteiger partial charge in [-0.2, -0.15) is 5.26 Å². The number of ether oxygens (including phenoxy) is 1. The summed E-state index contributed by atoms with van der Waals surface area (Å²) in [6.45, 7) is 9.60. The SMILES string of the molecule is CC(=O)Oc1c(C(C)C)cc(/C=C2\Sc3ccccc3N(CC#N)C2=O)cc1C(C)C. The zero-order chi connectivity index (χ0) is 22.7. The topological polar surface area (TPSA) is 70.4 Å². The van der Waals surface area contributed by atoms with Gasteiger partial charge < -0.3 is 4.74 Å². The monoisotopic (exact) mass is 434 g/mol. The fourth-order valence-electron chi connectivity index (χ4n) is 3.54. The molecule has 160 valence electrons. The van der Waals surface area contributed by atoms with Gasteiger partial charge in [0, 0.05) is 11.8 Å². The van der Waals surface area contributed by atoms with Gasteiger partial charge in [0.1, 0.15) is 12.3 Å². The van der Waals surface area contributed by atoms with E-state index in [9.17, 15) is 14.9 Å². The van der Waals surface area contributed by atoms with Crippen molar-refractivity contribution in [3.63, 3.8) is 0 Å². The van der Waals surface area contributed by atoms with E-state index in [-0.39, 0.29) is 30.3 Å². The fourth-order valence-corrected chi connectivity index (χ4v) is 4.60. The van der Waals surface area contributed by atoms with Crippen LogP contribution in [0.25, 0.3) is 6.08 Å². The van der Waals surface area contributed by atoms with Gasteiger partial charge in [-0.1, -0.05) is 51.6 Å². The second-order valence-electron chi connectivity index (χ2n) is 8.06. The number of thioether (sulfide) groups is 1. The molecule has 0 radical (unpaired) electrons. The van der Waals surface area contributed by atoms with Crippen LogP contribution in [-0.2, 0) is 9.59 Å². The van der Waals surface area contributed by atoms with Crippen molar-refractivity contribution in [3.8, 4) is 11.8 Å². The Labute approximate surface area is 187 Å². The predicted molar refractivity (Wildman–Crippen MR) is 124 cm³/mol. The average Bonchev–Trinajstić information content (AvgIpc) is 2.71. The third-order valence-electron chi connectivity index (χ3n) is 5.02. The van der Waals surface area contributed by atoms with Crippen molar-refractivity contribution in [3.05, 3.63) is 58.0 Å². The molecule has 0 spiro atoms. The van der Waals surface area contributed by atoms with Crippen molar-refractivity contribution in [2.45, 2.75) is 51.3 Å². The zero-order valence-corrected chi connectivity index (χ0v) is 19.2. The molecule has 1 amide bonds. The number of carbonyl (C=O) groups excluding carboxylic acids is 2. The molecule has 1 heterocycles. The largest absolute Gasteiger partial charge is 0.426 e. The number of rotatable bonds is 5. The van der Waals surface area contributed by atoms with Crippen LogP contribution in [0.1, 0.15) is 63.1 Å². The molecule has 0 N–H and O–H groups in total. The summed E-state index contributed by atoms with van der Waals surface area (Å²) < 4.78 is 5.58. The highest BCUT2D eigenvalue weighted by Crippen LogP contribution is 2.43. The molecule has 0 aliphatic carbocycles. The first-order valence-electron chi connectivity index (χ1n) is 10.3. The minimum Gasteiger partial charge on any atom is -0.426 e. The van der Waals surface area contributed by atoms with Crippen LogP contribution >= 0.6 is 11.8 Å². The number of nitrogens with zero attached hydrogens (tertiary/aromatic N) is 2. The Morgan fingerprint density at radius 1 is 1.16 bits per heavy atom. The van der Waals surface area contributed by atoms with Gasteiger partial charge in [-0.3, -0.25) is 14.5 Å². The lowest BCUT2D eigenvalue weighted by atomic mass is 9.91. The number of anilines is 1. The van der Waals surface area contributed by atoms with Gasteiger partial charge in [-0.05, 0) is 58.9 Å². The van der Waals surface area contributed by atoms with Crippen LogP contribution in [0.3, 0.4) is 0 Å². The summed E-state index contributed by atoms with van der Waals surface area (Å²) in [7, 11) is 0. The van der Waals surface area contributed by atoms with E-state index in [2.05, 4.69) is 33.8 Å². The van der Waals surface area contributed by atoms with E-state index in [4.69, 9.17) is 4.74 Å². The molecule has 1 aliphatic heterocycles. The summed E-state index contributed by atoms with van der Waals surface area (Å²) in [4.78, 5) is 27.9. The van der Waals surface area contributed by atoms with E-state index in [0.717, 1.165) is 27.3 Å². The number of benzene rings is 2. The van der Waals surface area contributed by atoms with E-state index in [0.29, 0.717) is 10.7 Å². The molecule has 3 rings (SSSR count). The number of hydrogen-bond donors (Lipinski definition) is 0. The van der Waals surface area contributed by atoms with Crippen LogP contribution in [0, 0.1) is 11.3 Å². The lowest BCUT2D eigenvalue weighted by molar-refractivity contribution is -0.132. The highest BCUT2D eigenvalue weighted by atomic mass is 32.2. The first kappa shape index (κ1) is 22.6. The number of carbonyl (C=O) groups is 2. The van der Waals surface area contributed by atoms with Crippen molar-refractivity contribution in [2.24, 2.45) is 0 Å². The van der Waals surface area contributed by atoms with Crippen LogP contribution in [0.15, 0.2) is 46.2 Å². The number of fused-ring (bicyclic) bond motifs is 1. The number of nitriles is 1. The normalized spacial score (nSPS) is 14.7. The van der Waals surface area contributed by atoms with Crippen LogP contribution in [-0.4, -0.2) is 18.4 Å². The van der Waals surface area contributed by atoms with Gasteiger partial charge in [0.05, 0.1) is 16.7 Å². The first-order valence-corrected chi connectivity index (χ1v) is 11.1. The molecule has 5 nitrogen and oxygen atoms in total. The second kappa shape index (κ2) is 9.40. The Morgan fingerprint density at radius 3 is 2.32 bits per heavy atom. The maximum Gasteiger partial charge on any atom is 0.308 e. The molecule has 0 unspecified atom stereocenters. The van der Waals surface area contributed by atoms with Crippen molar-refractivity contribution in [1.29, 1.82) is 5.26 Å². The van der Waals surface area contributed by atoms with Gasteiger partial charge in [-0.25, -0.2) is 0 Å². The maximum atomic E-state index is 13.1. The number of amides is 1. The van der Waals surface area contributed by atoms with Gasteiger partial charge in [0.15, 0.2) is 0 Å². The minimum atomic E-state index is -0.350. The maximum absolute atomic E-state index is 13.1.